The van der Waals surface area contributed by atoms with Gasteiger partial charge in [0.1, 0.15) is 5.75 Å². The molecular formula is C22H23NO3. The summed E-state index contributed by atoms with van der Waals surface area (Å²) in [5.74, 6) is 0.00395. The van der Waals surface area contributed by atoms with Crippen LogP contribution in [0, 0.1) is 0 Å². The van der Waals surface area contributed by atoms with Gasteiger partial charge in [-0.3, -0.25) is 4.79 Å². The minimum Gasteiger partial charge on any atom is -0.496 e. The second-order valence-corrected chi connectivity index (χ2v) is 5.65. The maximum atomic E-state index is 9.00. The van der Waals surface area contributed by atoms with Crippen LogP contribution in [0.1, 0.15) is 18.1 Å². The summed E-state index contributed by atoms with van der Waals surface area (Å²) in [7, 11) is 1.69. The van der Waals surface area contributed by atoms with Gasteiger partial charge in [0.15, 0.2) is 0 Å². The first kappa shape index (κ1) is 19.1. The van der Waals surface area contributed by atoms with Gasteiger partial charge in [0.25, 0.3) is 5.97 Å². The fourth-order valence-corrected chi connectivity index (χ4v) is 2.69. The van der Waals surface area contributed by atoms with Crippen molar-refractivity contribution in [1.29, 1.82) is 0 Å². The number of rotatable bonds is 5. The lowest BCUT2D eigenvalue weighted by molar-refractivity contribution is -0.134. The Hall–Kier alpha value is -3.27. The molecule has 0 atom stereocenters. The van der Waals surface area contributed by atoms with E-state index in [1.807, 2.05) is 18.2 Å². The van der Waals surface area contributed by atoms with Gasteiger partial charge >= 0.3 is 0 Å². The van der Waals surface area contributed by atoms with E-state index < -0.39 is 5.97 Å². The number of hydrogen-bond donors (Lipinski definition) is 2. The van der Waals surface area contributed by atoms with Crippen LogP contribution in [0.2, 0.25) is 0 Å². The van der Waals surface area contributed by atoms with Crippen LogP contribution >= 0.6 is 0 Å². The van der Waals surface area contributed by atoms with E-state index in [0.717, 1.165) is 35.9 Å². The third kappa shape index (κ3) is 4.86. The molecule has 0 fully saturated rings. The molecule has 0 aliphatic rings. The van der Waals surface area contributed by atoms with Gasteiger partial charge in [0.05, 0.1) is 12.8 Å². The number of nitrogens with one attached hydrogen (secondary N) is 1. The molecule has 4 heteroatoms. The molecular weight excluding hydrogens is 326 g/mol. The first-order valence-corrected chi connectivity index (χ1v) is 8.26. The zero-order valence-corrected chi connectivity index (χ0v) is 15.0. The summed E-state index contributed by atoms with van der Waals surface area (Å²) < 4.78 is 5.53. The van der Waals surface area contributed by atoms with Crippen LogP contribution in [0.15, 0.2) is 67.2 Å². The standard InChI is InChI=1S/C20H19NO.C2H4O2/c1-3-17-19(22-2)13-16-11-7-8-12-18(16)20(17)21-14-15-9-5-4-6-10-15;1-2(3)4/h3-13,21H,1,14H2,2H3;1H3,(H,3,4). The average molecular weight is 349 g/mol. The molecule has 2 N–H and O–H groups in total. The van der Waals surface area contributed by atoms with Gasteiger partial charge in [0, 0.05) is 24.4 Å². The highest BCUT2D eigenvalue weighted by molar-refractivity contribution is 6.00. The Morgan fingerprint density at radius 1 is 1.15 bits per heavy atom. The molecule has 0 unspecified atom stereocenters. The molecule has 0 radical (unpaired) electrons. The summed E-state index contributed by atoms with van der Waals surface area (Å²) in [5, 5.41) is 13.3. The van der Waals surface area contributed by atoms with Crippen LogP contribution in [-0.4, -0.2) is 18.2 Å². The number of carboxylic acid groups (broad SMARTS) is 1. The number of carbonyl (C=O) groups is 1. The Labute approximate surface area is 153 Å². The van der Waals surface area contributed by atoms with Gasteiger partial charge in [-0.25, -0.2) is 0 Å². The maximum Gasteiger partial charge on any atom is 0.300 e. The summed E-state index contributed by atoms with van der Waals surface area (Å²) in [4.78, 5) is 9.00. The molecule has 0 amide bonds. The molecule has 26 heavy (non-hydrogen) atoms. The predicted molar refractivity (Wildman–Crippen MR) is 108 cm³/mol. The van der Waals surface area contributed by atoms with Gasteiger partial charge < -0.3 is 15.2 Å². The number of ether oxygens (including phenoxy) is 1. The number of hydrogen-bond acceptors (Lipinski definition) is 3. The second kappa shape index (κ2) is 9.28. The van der Waals surface area contributed by atoms with E-state index >= 15 is 0 Å². The largest absolute Gasteiger partial charge is 0.496 e. The zero-order valence-electron chi connectivity index (χ0n) is 15.0. The highest BCUT2D eigenvalue weighted by Crippen LogP contribution is 2.36. The van der Waals surface area contributed by atoms with Crippen molar-refractivity contribution in [3.05, 3.63) is 78.4 Å². The Bertz CT molecular complexity index is 885. The second-order valence-electron chi connectivity index (χ2n) is 5.65. The van der Waals surface area contributed by atoms with Crippen molar-refractivity contribution in [3.8, 4) is 5.75 Å². The monoisotopic (exact) mass is 349 g/mol. The number of fused-ring (bicyclic) bond motifs is 1. The van der Waals surface area contributed by atoms with Crippen molar-refractivity contribution < 1.29 is 14.6 Å². The topological polar surface area (TPSA) is 58.6 Å². The lowest BCUT2D eigenvalue weighted by Crippen LogP contribution is -2.03. The van der Waals surface area contributed by atoms with Crippen LogP contribution in [0.5, 0.6) is 5.75 Å². The molecule has 134 valence electrons. The predicted octanol–water partition coefficient (Wildman–Crippen LogP) is 5.19. The molecule has 0 aliphatic heterocycles. The summed E-state index contributed by atoms with van der Waals surface area (Å²) in [5.41, 5.74) is 3.30. The molecule has 0 heterocycles. The summed E-state index contributed by atoms with van der Waals surface area (Å²) in [6, 6.07) is 20.7. The number of carboxylic acids is 1. The number of anilines is 1. The first-order chi connectivity index (χ1) is 12.6. The van der Waals surface area contributed by atoms with Crippen LogP contribution in [0.25, 0.3) is 16.8 Å². The zero-order chi connectivity index (χ0) is 18.9. The lowest BCUT2D eigenvalue weighted by atomic mass is 10.0. The molecule has 3 aromatic rings. The quantitative estimate of drug-likeness (QED) is 0.665. The van der Waals surface area contributed by atoms with Crippen molar-refractivity contribution in [2.75, 3.05) is 12.4 Å². The highest BCUT2D eigenvalue weighted by Gasteiger charge is 2.11. The fourth-order valence-electron chi connectivity index (χ4n) is 2.69. The van der Waals surface area contributed by atoms with E-state index in [-0.39, 0.29) is 0 Å². The molecule has 0 saturated heterocycles. The van der Waals surface area contributed by atoms with Gasteiger partial charge in [-0.15, -0.1) is 0 Å². The van der Waals surface area contributed by atoms with Crippen molar-refractivity contribution in [2.24, 2.45) is 0 Å². The van der Waals surface area contributed by atoms with E-state index in [2.05, 4.69) is 60.4 Å². The van der Waals surface area contributed by atoms with Gasteiger partial charge in [0.2, 0.25) is 0 Å². The Morgan fingerprint density at radius 3 is 2.38 bits per heavy atom. The number of methoxy groups -OCH3 is 1. The van der Waals surface area contributed by atoms with Crippen LogP contribution in [0.3, 0.4) is 0 Å². The highest BCUT2D eigenvalue weighted by atomic mass is 16.5. The maximum absolute atomic E-state index is 9.00. The molecule has 0 bridgehead atoms. The van der Waals surface area contributed by atoms with Gasteiger partial charge in [-0.05, 0) is 17.0 Å². The molecule has 3 rings (SSSR count). The molecule has 0 aliphatic carbocycles. The van der Waals surface area contributed by atoms with E-state index in [1.54, 1.807) is 7.11 Å². The summed E-state index contributed by atoms with van der Waals surface area (Å²) in [6.07, 6.45) is 1.85. The van der Waals surface area contributed by atoms with Crippen molar-refractivity contribution in [2.45, 2.75) is 13.5 Å². The molecule has 0 aromatic heterocycles. The molecule has 0 spiro atoms. The first-order valence-electron chi connectivity index (χ1n) is 8.26. The van der Waals surface area contributed by atoms with Crippen LogP contribution < -0.4 is 10.1 Å². The fraction of sp³-hybridized carbons (Fsp3) is 0.136. The third-order valence-electron chi connectivity index (χ3n) is 3.79. The van der Waals surface area contributed by atoms with Crippen LogP contribution in [-0.2, 0) is 11.3 Å². The Morgan fingerprint density at radius 2 is 1.77 bits per heavy atom. The summed E-state index contributed by atoms with van der Waals surface area (Å²) >= 11 is 0. The number of aliphatic carboxylic acids is 1. The van der Waals surface area contributed by atoms with Crippen LogP contribution in [0.4, 0.5) is 5.69 Å². The van der Waals surface area contributed by atoms with E-state index in [0.29, 0.717) is 0 Å². The van der Waals surface area contributed by atoms with E-state index in [4.69, 9.17) is 14.6 Å². The SMILES string of the molecule is C=Cc1c(OC)cc2ccccc2c1NCc1ccccc1.CC(=O)O. The number of benzene rings is 3. The van der Waals surface area contributed by atoms with Gasteiger partial charge in [-0.2, -0.15) is 0 Å². The Kier molecular flexibility index (Phi) is 6.80. The third-order valence-corrected chi connectivity index (χ3v) is 3.79. The molecule has 3 aromatic carbocycles. The lowest BCUT2D eigenvalue weighted by Gasteiger charge is -2.16. The minimum atomic E-state index is -0.833. The molecule has 4 nitrogen and oxygen atoms in total. The van der Waals surface area contributed by atoms with Gasteiger partial charge in [-0.1, -0.05) is 67.3 Å². The van der Waals surface area contributed by atoms with Crippen molar-refractivity contribution in [3.63, 3.8) is 0 Å². The van der Waals surface area contributed by atoms with E-state index in [1.165, 1.54) is 10.9 Å². The smallest absolute Gasteiger partial charge is 0.300 e. The van der Waals surface area contributed by atoms with Crippen molar-refractivity contribution >= 4 is 28.5 Å². The normalized spacial score (nSPS) is 9.77. The Balaban J connectivity index is 0.000000552. The summed E-state index contributed by atoms with van der Waals surface area (Å²) in [6.45, 7) is 5.79. The molecule has 0 saturated carbocycles. The minimum absolute atomic E-state index is 0.763. The van der Waals surface area contributed by atoms with Crippen molar-refractivity contribution in [1.82, 2.24) is 0 Å². The van der Waals surface area contributed by atoms with E-state index in [9.17, 15) is 0 Å². The average Bonchev–Trinajstić information content (AvgIpc) is 2.65.